The Bertz CT molecular complexity index is 344. The normalized spacial score (nSPS) is 10.9. The first-order valence-electron chi connectivity index (χ1n) is 5.26. The van der Waals surface area contributed by atoms with Crippen molar-refractivity contribution in [1.82, 2.24) is 10.3 Å². The van der Waals surface area contributed by atoms with Crippen LogP contribution < -0.4 is 10.2 Å². The average molecular weight is 307 g/mol. The minimum atomic E-state index is 0.502. The highest BCUT2D eigenvalue weighted by Gasteiger charge is 2.07. The third-order valence-electron chi connectivity index (χ3n) is 2.15. The van der Waals surface area contributed by atoms with Gasteiger partial charge < -0.3 is 10.2 Å². The van der Waals surface area contributed by atoms with Crippen LogP contribution in [0.3, 0.4) is 0 Å². The molecular formula is C11H17BrClN3. The maximum Gasteiger partial charge on any atom is 0.147 e. The molecule has 0 atom stereocenters. The number of halogens is 2. The van der Waals surface area contributed by atoms with Gasteiger partial charge in [-0.1, -0.05) is 25.4 Å². The van der Waals surface area contributed by atoms with E-state index in [1.807, 2.05) is 18.0 Å². The number of aromatic nitrogens is 1. The van der Waals surface area contributed by atoms with E-state index < -0.39 is 0 Å². The largest absolute Gasteiger partial charge is 0.357 e. The van der Waals surface area contributed by atoms with E-state index in [4.69, 9.17) is 11.6 Å². The second-order valence-corrected chi connectivity index (χ2v) is 5.31. The van der Waals surface area contributed by atoms with Crippen molar-refractivity contribution in [3.05, 3.63) is 21.8 Å². The monoisotopic (exact) mass is 305 g/mol. The van der Waals surface area contributed by atoms with Crippen molar-refractivity contribution in [3.8, 4) is 0 Å². The molecule has 0 aliphatic rings. The highest BCUT2D eigenvalue weighted by Crippen LogP contribution is 2.24. The molecule has 0 amide bonds. The predicted molar refractivity (Wildman–Crippen MR) is 73.4 cm³/mol. The van der Waals surface area contributed by atoms with Crippen molar-refractivity contribution in [1.29, 1.82) is 0 Å². The predicted octanol–water partition coefficient (Wildman–Crippen LogP) is 2.93. The molecule has 0 aromatic carbocycles. The molecule has 16 heavy (non-hydrogen) atoms. The number of nitrogens with one attached hydrogen (secondary N) is 1. The molecule has 1 rings (SSSR count). The first kappa shape index (κ1) is 13.7. The van der Waals surface area contributed by atoms with Gasteiger partial charge in [-0.3, -0.25) is 0 Å². The summed E-state index contributed by atoms with van der Waals surface area (Å²) in [5.74, 6) is 0.815. The van der Waals surface area contributed by atoms with Crippen molar-refractivity contribution < 1.29 is 0 Å². The van der Waals surface area contributed by atoms with Crippen LogP contribution in [0.1, 0.15) is 13.8 Å². The number of nitrogens with zero attached hydrogens (tertiary/aromatic N) is 2. The Morgan fingerprint density at radius 3 is 2.81 bits per heavy atom. The molecule has 1 heterocycles. The Labute approximate surface area is 110 Å². The van der Waals surface area contributed by atoms with E-state index in [2.05, 4.69) is 40.1 Å². The van der Waals surface area contributed by atoms with Crippen LogP contribution in [0.4, 0.5) is 5.82 Å². The first-order chi connectivity index (χ1) is 7.50. The van der Waals surface area contributed by atoms with Crippen molar-refractivity contribution in [3.63, 3.8) is 0 Å². The third-order valence-corrected chi connectivity index (χ3v) is 2.86. The summed E-state index contributed by atoms with van der Waals surface area (Å²) < 4.78 is 0.898. The van der Waals surface area contributed by atoms with E-state index in [1.165, 1.54) is 0 Å². The molecule has 3 nitrogen and oxygen atoms in total. The Hall–Kier alpha value is -0.320. The van der Waals surface area contributed by atoms with Crippen LogP contribution in [0.15, 0.2) is 16.7 Å². The lowest BCUT2D eigenvalue weighted by Gasteiger charge is -2.20. The molecule has 1 aromatic heterocycles. The number of likely N-dealkylation sites (N-methyl/N-ethyl adjacent to an activating group) is 1. The second-order valence-electron chi connectivity index (χ2n) is 3.99. The highest BCUT2D eigenvalue weighted by atomic mass is 79.9. The smallest absolute Gasteiger partial charge is 0.147 e. The van der Waals surface area contributed by atoms with Gasteiger partial charge in [0.25, 0.3) is 0 Å². The molecule has 5 heteroatoms. The quantitative estimate of drug-likeness (QED) is 0.906. The molecule has 0 radical (unpaired) electrons. The lowest BCUT2D eigenvalue weighted by atomic mass is 10.4. The van der Waals surface area contributed by atoms with E-state index in [9.17, 15) is 0 Å². The zero-order valence-electron chi connectivity index (χ0n) is 9.80. The zero-order valence-corrected chi connectivity index (χ0v) is 12.1. The number of pyridine rings is 1. The molecular weight excluding hydrogens is 289 g/mol. The third kappa shape index (κ3) is 4.28. The van der Waals surface area contributed by atoms with Gasteiger partial charge in [-0.2, -0.15) is 0 Å². The zero-order chi connectivity index (χ0) is 12.1. The Morgan fingerprint density at radius 1 is 1.56 bits per heavy atom. The lowest BCUT2D eigenvalue weighted by molar-refractivity contribution is 0.588. The van der Waals surface area contributed by atoms with Gasteiger partial charge in [-0.25, -0.2) is 4.98 Å². The van der Waals surface area contributed by atoms with Gasteiger partial charge in [0.1, 0.15) is 5.82 Å². The molecule has 90 valence electrons. The Kier molecular flexibility index (Phi) is 5.52. The summed E-state index contributed by atoms with van der Waals surface area (Å²) in [7, 11) is 1.99. The van der Waals surface area contributed by atoms with E-state index >= 15 is 0 Å². The summed E-state index contributed by atoms with van der Waals surface area (Å²) in [6.45, 7) is 6.06. The van der Waals surface area contributed by atoms with Crippen LogP contribution in [0, 0.1) is 0 Å². The summed E-state index contributed by atoms with van der Waals surface area (Å²) in [4.78, 5) is 6.34. The molecule has 1 N–H and O–H groups in total. The number of rotatable bonds is 5. The van der Waals surface area contributed by atoms with Crippen molar-refractivity contribution in [2.24, 2.45) is 0 Å². The van der Waals surface area contributed by atoms with Gasteiger partial charge in [0.05, 0.1) is 5.02 Å². The van der Waals surface area contributed by atoms with E-state index in [1.54, 1.807) is 6.20 Å². The van der Waals surface area contributed by atoms with Crippen LogP contribution in [0.5, 0.6) is 0 Å². The van der Waals surface area contributed by atoms with Crippen LogP contribution in [-0.2, 0) is 0 Å². The van der Waals surface area contributed by atoms with Gasteiger partial charge in [-0.15, -0.1) is 0 Å². The Balaban J connectivity index is 2.55. The lowest BCUT2D eigenvalue weighted by Crippen LogP contribution is -2.33. The number of anilines is 1. The summed E-state index contributed by atoms with van der Waals surface area (Å²) in [5, 5.41) is 4.02. The van der Waals surface area contributed by atoms with E-state index in [0.29, 0.717) is 11.1 Å². The topological polar surface area (TPSA) is 28.2 Å². The minimum absolute atomic E-state index is 0.502. The minimum Gasteiger partial charge on any atom is -0.357 e. The molecule has 0 aliphatic heterocycles. The van der Waals surface area contributed by atoms with E-state index in [0.717, 1.165) is 23.4 Å². The fourth-order valence-electron chi connectivity index (χ4n) is 1.32. The highest BCUT2D eigenvalue weighted by molar-refractivity contribution is 9.10. The van der Waals surface area contributed by atoms with Gasteiger partial charge in [0.2, 0.25) is 0 Å². The second kappa shape index (κ2) is 6.42. The van der Waals surface area contributed by atoms with Crippen LogP contribution in [0.2, 0.25) is 5.02 Å². The summed E-state index contributed by atoms with van der Waals surface area (Å²) >= 11 is 9.45. The summed E-state index contributed by atoms with van der Waals surface area (Å²) in [6.07, 6.45) is 1.76. The van der Waals surface area contributed by atoms with Crippen LogP contribution >= 0.6 is 27.5 Å². The molecule has 0 saturated carbocycles. The number of hydrogen-bond donors (Lipinski definition) is 1. The first-order valence-corrected chi connectivity index (χ1v) is 6.43. The fourth-order valence-corrected chi connectivity index (χ4v) is 2.09. The maximum absolute atomic E-state index is 6.11. The van der Waals surface area contributed by atoms with Gasteiger partial charge in [0.15, 0.2) is 0 Å². The maximum atomic E-state index is 6.11. The van der Waals surface area contributed by atoms with Crippen molar-refractivity contribution >= 4 is 33.3 Å². The van der Waals surface area contributed by atoms with E-state index in [-0.39, 0.29) is 0 Å². The number of hydrogen-bond acceptors (Lipinski definition) is 3. The van der Waals surface area contributed by atoms with Gasteiger partial charge in [-0.05, 0) is 22.0 Å². The molecule has 0 spiro atoms. The fraction of sp³-hybridized carbons (Fsp3) is 0.545. The van der Waals surface area contributed by atoms with Crippen molar-refractivity contribution in [2.45, 2.75) is 19.9 Å². The van der Waals surface area contributed by atoms with Gasteiger partial charge >= 0.3 is 0 Å². The Morgan fingerprint density at radius 2 is 2.25 bits per heavy atom. The average Bonchev–Trinajstić information content (AvgIpc) is 2.16. The molecule has 0 saturated heterocycles. The standard InChI is InChI=1S/C11H17BrClN3/c1-8(2)14-4-5-16(3)11-10(13)6-9(12)7-15-11/h6-8,14H,4-5H2,1-3H3. The van der Waals surface area contributed by atoms with Crippen molar-refractivity contribution in [2.75, 3.05) is 25.0 Å². The molecule has 0 unspecified atom stereocenters. The molecule has 0 aliphatic carbocycles. The van der Waals surface area contributed by atoms with Crippen LogP contribution in [-0.4, -0.2) is 31.2 Å². The summed E-state index contributed by atoms with van der Waals surface area (Å²) in [5.41, 5.74) is 0. The summed E-state index contributed by atoms with van der Waals surface area (Å²) in [6, 6.07) is 2.36. The van der Waals surface area contributed by atoms with Crippen LogP contribution in [0.25, 0.3) is 0 Å². The SMILES string of the molecule is CC(C)NCCN(C)c1ncc(Br)cc1Cl. The molecule has 0 bridgehead atoms. The molecule has 0 fully saturated rings. The van der Waals surface area contributed by atoms with Gasteiger partial charge in [0, 0.05) is 36.8 Å². The molecule has 1 aromatic rings.